The first-order valence-corrected chi connectivity index (χ1v) is 7.13. The van der Waals surface area contributed by atoms with Crippen LogP contribution in [0.25, 0.3) is 0 Å². The Morgan fingerprint density at radius 3 is 2.47 bits per heavy atom. The van der Waals surface area contributed by atoms with Crippen LogP contribution in [0.1, 0.15) is 49.8 Å². The molecule has 2 rings (SSSR count). The van der Waals surface area contributed by atoms with Crippen LogP contribution in [0.15, 0.2) is 24.3 Å². The summed E-state index contributed by atoms with van der Waals surface area (Å²) in [5.74, 6) is -0.234. The summed E-state index contributed by atoms with van der Waals surface area (Å²) in [5.41, 5.74) is 2.00. The van der Waals surface area contributed by atoms with Gasteiger partial charge in [0.05, 0.1) is 0 Å². The molecule has 1 aromatic carbocycles. The molecule has 104 valence electrons. The maximum Gasteiger partial charge on any atom is 0.325 e. The third kappa shape index (κ3) is 3.57. The van der Waals surface area contributed by atoms with Crippen LogP contribution in [-0.2, 0) is 4.79 Å². The molecule has 3 nitrogen and oxygen atoms in total. The van der Waals surface area contributed by atoms with Crippen molar-refractivity contribution < 1.29 is 9.90 Å². The third-order valence-corrected chi connectivity index (χ3v) is 4.15. The first-order valence-electron chi connectivity index (χ1n) is 7.13. The second-order valence-corrected chi connectivity index (χ2v) is 5.72. The van der Waals surface area contributed by atoms with Crippen molar-refractivity contribution in [2.24, 2.45) is 5.92 Å². The zero-order chi connectivity index (χ0) is 13.8. The Balaban J connectivity index is 2.11. The Morgan fingerprint density at radius 1 is 1.26 bits per heavy atom. The van der Waals surface area contributed by atoms with Gasteiger partial charge in [0.15, 0.2) is 0 Å². The summed E-state index contributed by atoms with van der Waals surface area (Å²) in [4.78, 5) is 11.5. The van der Waals surface area contributed by atoms with Crippen LogP contribution >= 0.6 is 0 Å². The molecule has 0 amide bonds. The summed E-state index contributed by atoms with van der Waals surface area (Å²) >= 11 is 0. The first kappa shape index (κ1) is 14.1. The van der Waals surface area contributed by atoms with Gasteiger partial charge in [-0.15, -0.1) is 0 Å². The molecule has 3 heteroatoms. The van der Waals surface area contributed by atoms with Crippen LogP contribution in [0.3, 0.4) is 0 Å². The lowest BCUT2D eigenvalue weighted by molar-refractivity contribution is -0.140. The number of carbonyl (C=O) groups is 1. The molecule has 0 spiro atoms. The number of hydrogen-bond donors (Lipinski definition) is 2. The average Bonchev–Trinajstić information content (AvgIpc) is 2.39. The normalized spacial score (nSPS) is 24.9. The highest BCUT2D eigenvalue weighted by Gasteiger charge is 2.27. The largest absolute Gasteiger partial charge is 0.480 e. The van der Waals surface area contributed by atoms with E-state index in [1.165, 1.54) is 19.3 Å². The van der Waals surface area contributed by atoms with Crippen molar-refractivity contribution >= 4 is 5.97 Å². The molecule has 19 heavy (non-hydrogen) atoms. The van der Waals surface area contributed by atoms with Gasteiger partial charge in [0, 0.05) is 6.04 Å². The van der Waals surface area contributed by atoms with Crippen molar-refractivity contribution in [1.29, 1.82) is 0 Å². The molecule has 1 aliphatic rings. The second kappa shape index (κ2) is 6.20. The summed E-state index contributed by atoms with van der Waals surface area (Å²) < 4.78 is 0. The van der Waals surface area contributed by atoms with Crippen molar-refractivity contribution in [2.45, 2.75) is 51.6 Å². The minimum atomic E-state index is -0.790. The molecule has 0 radical (unpaired) electrons. The number of hydrogen-bond acceptors (Lipinski definition) is 2. The Morgan fingerprint density at radius 2 is 1.89 bits per heavy atom. The first-order chi connectivity index (χ1) is 9.08. The Bertz CT molecular complexity index is 427. The predicted octanol–water partition coefficient (Wildman–Crippen LogP) is 3.29. The molecular weight excluding hydrogens is 238 g/mol. The van der Waals surface area contributed by atoms with E-state index >= 15 is 0 Å². The van der Waals surface area contributed by atoms with E-state index in [4.69, 9.17) is 0 Å². The maximum absolute atomic E-state index is 11.5. The molecule has 0 heterocycles. The summed E-state index contributed by atoms with van der Waals surface area (Å²) in [6.07, 6.45) is 4.73. The van der Waals surface area contributed by atoms with Crippen LogP contribution in [0.4, 0.5) is 0 Å². The van der Waals surface area contributed by atoms with Gasteiger partial charge in [-0.05, 0) is 31.2 Å². The van der Waals surface area contributed by atoms with E-state index in [9.17, 15) is 9.90 Å². The quantitative estimate of drug-likeness (QED) is 0.874. The van der Waals surface area contributed by atoms with Gasteiger partial charge in [0.2, 0.25) is 0 Å². The van der Waals surface area contributed by atoms with Gasteiger partial charge in [0.1, 0.15) is 6.04 Å². The van der Waals surface area contributed by atoms with Crippen LogP contribution in [-0.4, -0.2) is 17.1 Å². The van der Waals surface area contributed by atoms with Crippen molar-refractivity contribution in [3.05, 3.63) is 35.4 Å². The monoisotopic (exact) mass is 261 g/mol. The van der Waals surface area contributed by atoms with E-state index in [1.807, 2.05) is 31.2 Å². The van der Waals surface area contributed by atoms with E-state index < -0.39 is 12.0 Å². The van der Waals surface area contributed by atoms with Gasteiger partial charge >= 0.3 is 5.97 Å². The lowest BCUT2D eigenvalue weighted by atomic mass is 9.85. The van der Waals surface area contributed by atoms with E-state index in [-0.39, 0.29) is 0 Å². The van der Waals surface area contributed by atoms with Gasteiger partial charge < -0.3 is 5.11 Å². The Hall–Kier alpha value is -1.35. The molecule has 2 N–H and O–H groups in total. The Kier molecular flexibility index (Phi) is 4.59. The summed E-state index contributed by atoms with van der Waals surface area (Å²) in [7, 11) is 0. The minimum Gasteiger partial charge on any atom is -0.480 e. The van der Waals surface area contributed by atoms with Gasteiger partial charge in [-0.25, -0.2) is 0 Å². The van der Waals surface area contributed by atoms with Crippen LogP contribution in [0, 0.1) is 12.8 Å². The second-order valence-electron chi connectivity index (χ2n) is 5.72. The standard InChI is InChI=1S/C16H23NO2/c1-11-7-9-13(10-8-11)15(16(18)19)17-14-6-4-3-5-12(14)2/h7-10,12,14-15,17H,3-6H2,1-2H3,(H,18,19). The van der Waals surface area contributed by atoms with Gasteiger partial charge in [-0.3, -0.25) is 10.1 Å². The molecule has 1 aromatic rings. The highest BCUT2D eigenvalue weighted by molar-refractivity contribution is 5.75. The van der Waals surface area contributed by atoms with Crippen LogP contribution in [0.5, 0.6) is 0 Å². The Labute approximate surface area is 115 Å². The van der Waals surface area contributed by atoms with Crippen LogP contribution < -0.4 is 5.32 Å². The number of nitrogens with one attached hydrogen (secondary N) is 1. The number of carboxylic acids is 1. The van der Waals surface area contributed by atoms with E-state index in [0.29, 0.717) is 12.0 Å². The molecule has 1 aliphatic carbocycles. The zero-order valence-electron chi connectivity index (χ0n) is 11.7. The number of benzene rings is 1. The smallest absolute Gasteiger partial charge is 0.325 e. The lowest BCUT2D eigenvalue weighted by Crippen LogP contribution is -2.42. The van der Waals surface area contributed by atoms with Crippen molar-refractivity contribution in [3.8, 4) is 0 Å². The number of rotatable bonds is 4. The zero-order valence-corrected chi connectivity index (χ0v) is 11.7. The summed E-state index contributed by atoms with van der Waals surface area (Å²) in [6, 6.07) is 7.49. The molecule has 0 aromatic heterocycles. The molecule has 0 saturated heterocycles. The lowest BCUT2D eigenvalue weighted by Gasteiger charge is -2.32. The number of aliphatic carboxylic acids is 1. The van der Waals surface area contributed by atoms with E-state index in [1.54, 1.807) is 0 Å². The summed E-state index contributed by atoms with van der Waals surface area (Å²) in [5, 5.41) is 12.8. The molecule has 1 saturated carbocycles. The average molecular weight is 261 g/mol. The number of aryl methyl sites for hydroxylation is 1. The molecule has 0 aliphatic heterocycles. The molecule has 3 atom stereocenters. The maximum atomic E-state index is 11.5. The van der Waals surface area contributed by atoms with E-state index in [0.717, 1.165) is 17.5 Å². The fraction of sp³-hybridized carbons (Fsp3) is 0.562. The SMILES string of the molecule is Cc1ccc(C(NC2CCCCC2C)C(=O)O)cc1. The molecule has 1 fully saturated rings. The highest BCUT2D eigenvalue weighted by atomic mass is 16.4. The minimum absolute atomic E-state index is 0.316. The van der Waals surface area contributed by atoms with Gasteiger partial charge in [0.25, 0.3) is 0 Å². The van der Waals surface area contributed by atoms with E-state index in [2.05, 4.69) is 12.2 Å². The topological polar surface area (TPSA) is 49.3 Å². The number of carboxylic acid groups (broad SMARTS) is 1. The van der Waals surface area contributed by atoms with Crippen molar-refractivity contribution in [1.82, 2.24) is 5.32 Å². The van der Waals surface area contributed by atoms with Crippen molar-refractivity contribution in [2.75, 3.05) is 0 Å². The molecular formula is C16H23NO2. The van der Waals surface area contributed by atoms with Crippen molar-refractivity contribution in [3.63, 3.8) is 0 Å². The fourth-order valence-electron chi connectivity index (χ4n) is 2.85. The molecule has 3 unspecified atom stereocenters. The van der Waals surface area contributed by atoms with Gasteiger partial charge in [-0.2, -0.15) is 0 Å². The predicted molar refractivity (Wildman–Crippen MR) is 76.1 cm³/mol. The van der Waals surface area contributed by atoms with Gasteiger partial charge in [-0.1, -0.05) is 49.6 Å². The van der Waals surface area contributed by atoms with Crippen LogP contribution in [0.2, 0.25) is 0 Å². The highest BCUT2D eigenvalue weighted by Crippen LogP contribution is 2.26. The summed E-state index contributed by atoms with van der Waals surface area (Å²) in [6.45, 7) is 4.22. The molecule has 0 bridgehead atoms. The fourth-order valence-corrected chi connectivity index (χ4v) is 2.85. The third-order valence-electron chi connectivity index (χ3n) is 4.15.